The topological polar surface area (TPSA) is 0 Å². The fraction of sp³-hybridized carbons (Fsp3) is 0.412. The van der Waals surface area contributed by atoms with Crippen molar-refractivity contribution in [1.29, 1.82) is 0 Å². The van der Waals surface area contributed by atoms with E-state index in [4.69, 9.17) is 0 Å². The van der Waals surface area contributed by atoms with Crippen molar-refractivity contribution in [3.05, 3.63) is 57.5 Å². The molecule has 0 amide bonds. The van der Waals surface area contributed by atoms with E-state index in [0.29, 0.717) is 0 Å². The van der Waals surface area contributed by atoms with Crippen molar-refractivity contribution >= 4 is 11.3 Å². The Bertz CT molecular complexity index is 484. The summed E-state index contributed by atoms with van der Waals surface area (Å²) in [5, 5.41) is 2.29. The van der Waals surface area contributed by atoms with Crippen LogP contribution in [0.4, 0.5) is 4.39 Å². The van der Waals surface area contributed by atoms with Gasteiger partial charge in [-0.1, -0.05) is 31.9 Å². The molecule has 2 heteroatoms. The van der Waals surface area contributed by atoms with Gasteiger partial charge in [0.05, 0.1) is 0 Å². The fourth-order valence-electron chi connectivity index (χ4n) is 2.19. The van der Waals surface area contributed by atoms with Crippen LogP contribution < -0.4 is 0 Å². The van der Waals surface area contributed by atoms with Crippen molar-refractivity contribution in [1.82, 2.24) is 0 Å². The van der Waals surface area contributed by atoms with Gasteiger partial charge in [0.1, 0.15) is 5.82 Å². The van der Waals surface area contributed by atoms with Crippen molar-refractivity contribution < 1.29 is 4.39 Å². The second-order valence-electron chi connectivity index (χ2n) is 5.00. The number of aryl methyl sites for hydroxylation is 3. The van der Waals surface area contributed by atoms with Crippen LogP contribution in [0, 0.1) is 5.82 Å². The Morgan fingerprint density at radius 2 is 1.74 bits per heavy atom. The molecule has 0 saturated carbocycles. The zero-order valence-electron chi connectivity index (χ0n) is 11.5. The summed E-state index contributed by atoms with van der Waals surface area (Å²) in [7, 11) is 0. The molecule has 1 aromatic carbocycles. The fourth-order valence-corrected chi connectivity index (χ4v) is 3.11. The summed E-state index contributed by atoms with van der Waals surface area (Å²) in [6.45, 7) is 2.24. The molecule has 0 atom stereocenters. The van der Waals surface area contributed by atoms with Crippen molar-refractivity contribution in [3.63, 3.8) is 0 Å². The van der Waals surface area contributed by atoms with Gasteiger partial charge in [0.15, 0.2) is 0 Å². The van der Waals surface area contributed by atoms with Crippen LogP contribution in [0.2, 0.25) is 0 Å². The summed E-state index contributed by atoms with van der Waals surface area (Å²) in [4.78, 5) is 1.44. The van der Waals surface area contributed by atoms with Gasteiger partial charge in [-0.3, -0.25) is 0 Å². The molecule has 102 valence electrons. The number of thiophene rings is 1. The smallest absolute Gasteiger partial charge is 0.123 e. The first-order valence-electron chi connectivity index (χ1n) is 7.08. The lowest BCUT2D eigenvalue weighted by atomic mass is 10.1. The first-order valence-corrected chi connectivity index (χ1v) is 7.96. The molecule has 0 fully saturated rings. The second-order valence-corrected chi connectivity index (χ2v) is 6.00. The van der Waals surface area contributed by atoms with Gasteiger partial charge >= 0.3 is 0 Å². The molecular formula is C17H21FS. The maximum Gasteiger partial charge on any atom is 0.123 e. The number of unbranched alkanes of at least 4 members (excludes halogenated alkanes) is 2. The van der Waals surface area contributed by atoms with Crippen molar-refractivity contribution in [2.24, 2.45) is 0 Å². The van der Waals surface area contributed by atoms with E-state index in [-0.39, 0.29) is 5.82 Å². The van der Waals surface area contributed by atoms with E-state index in [1.165, 1.54) is 41.7 Å². The maximum absolute atomic E-state index is 12.8. The monoisotopic (exact) mass is 276 g/mol. The average Bonchev–Trinajstić information content (AvgIpc) is 2.86. The van der Waals surface area contributed by atoms with Crippen molar-refractivity contribution in [2.75, 3.05) is 0 Å². The molecule has 0 nitrogen and oxygen atoms in total. The van der Waals surface area contributed by atoms with Crippen LogP contribution in [0.3, 0.4) is 0 Å². The van der Waals surface area contributed by atoms with Crippen LogP contribution in [-0.4, -0.2) is 0 Å². The molecule has 0 saturated heterocycles. The molecular weight excluding hydrogens is 255 g/mol. The maximum atomic E-state index is 12.8. The van der Waals surface area contributed by atoms with Crippen molar-refractivity contribution in [3.8, 4) is 0 Å². The van der Waals surface area contributed by atoms with E-state index in [0.717, 1.165) is 12.8 Å². The van der Waals surface area contributed by atoms with E-state index in [2.05, 4.69) is 18.4 Å². The molecule has 1 heterocycles. The van der Waals surface area contributed by atoms with Gasteiger partial charge in [-0.15, -0.1) is 11.3 Å². The predicted molar refractivity (Wildman–Crippen MR) is 81.4 cm³/mol. The number of hydrogen-bond acceptors (Lipinski definition) is 1. The number of benzene rings is 1. The first kappa shape index (κ1) is 14.3. The summed E-state index contributed by atoms with van der Waals surface area (Å²) in [5.74, 6) is -0.155. The van der Waals surface area contributed by atoms with Crippen LogP contribution >= 0.6 is 11.3 Å². The highest BCUT2D eigenvalue weighted by Gasteiger charge is 2.01. The highest BCUT2D eigenvalue weighted by molar-refractivity contribution is 7.10. The molecule has 0 aliphatic rings. The largest absolute Gasteiger partial charge is 0.207 e. The van der Waals surface area contributed by atoms with Crippen LogP contribution in [0.25, 0.3) is 0 Å². The Morgan fingerprint density at radius 1 is 0.947 bits per heavy atom. The van der Waals surface area contributed by atoms with Gasteiger partial charge in [0.25, 0.3) is 0 Å². The Balaban J connectivity index is 1.81. The van der Waals surface area contributed by atoms with Gasteiger partial charge in [-0.05, 0) is 60.4 Å². The van der Waals surface area contributed by atoms with Gasteiger partial charge < -0.3 is 0 Å². The molecule has 0 aliphatic carbocycles. The van der Waals surface area contributed by atoms with E-state index in [9.17, 15) is 4.39 Å². The lowest BCUT2D eigenvalue weighted by molar-refractivity contribution is 0.627. The molecule has 1 aromatic heterocycles. The summed E-state index contributed by atoms with van der Waals surface area (Å²) < 4.78 is 12.8. The lowest BCUT2D eigenvalue weighted by Gasteiger charge is -1.99. The molecule has 0 unspecified atom stereocenters. The standard InChI is InChI=1S/C17H21FS/c1-2-3-4-5-15-12-17(19-13-15)11-8-14-6-9-16(18)10-7-14/h6-7,9-10,12-13H,2-5,8,11H2,1H3. The van der Waals surface area contributed by atoms with Crippen LogP contribution in [-0.2, 0) is 19.3 Å². The molecule has 19 heavy (non-hydrogen) atoms. The third kappa shape index (κ3) is 4.79. The summed E-state index contributed by atoms with van der Waals surface area (Å²) in [6.07, 6.45) is 7.16. The Kier molecular flexibility index (Phi) is 5.59. The predicted octanol–water partition coefficient (Wildman–Crippen LogP) is 5.41. The minimum atomic E-state index is -0.155. The molecule has 0 radical (unpaired) electrons. The van der Waals surface area contributed by atoms with Gasteiger partial charge in [-0.25, -0.2) is 4.39 Å². The first-order chi connectivity index (χ1) is 9.28. The summed E-state index contributed by atoms with van der Waals surface area (Å²) >= 11 is 1.86. The minimum Gasteiger partial charge on any atom is -0.207 e. The van der Waals surface area contributed by atoms with Gasteiger partial charge in [0, 0.05) is 4.88 Å². The summed E-state index contributed by atoms with van der Waals surface area (Å²) in [6, 6.07) is 9.18. The molecule has 0 N–H and O–H groups in total. The van der Waals surface area contributed by atoms with Gasteiger partial charge in [0.2, 0.25) is 0 Å². The number of halogens is 1. The Morgan fingerprint density at radius 3 is 2.47 bits per heavy atom. The normalized spacial score (nSPS) is 10.8. The molecule has 2 aromatic rings. The van der Waals surface area contributed by atoms with E-state index in [1.54, 1.807) is 12.1 Å². The Hall–Kier alpha value is -1.15. The highest BCUT2D eigenvalue weighted by atomic mass is 32.1. The van der Waals surface area contributed by atoms with Gasteiger partial charge in [-0.2, -0.15) is 0 Å². The number of hydrogen-bond donors (Lipinski definition) is 0. The lowest BCUT2D eigenvalue weighted by Crippen LogP contribution is -1.89. The molecule has 0 spiro atoms. The molecule has 0 bridgehead atoms. The quantitative estimate of drug-likeness (QED) is 0.593. The van der Waals surface area contributed by atoms with Crippen LogP contribution in [0.15, 0.2) is 35.7 Å². The third-order valence-corrected chi connectivity index (χ3v) is 4.40. The zero-order chi connectivity index (χ0) is 13.5. The highest BCUT2D eigenvalue weighted by Crippen LogP contribution is 2.19. The minimum absolute atomic E-state index is 0.155. The second kappa shape index (κ2) is 7.44. The zero-order valence-corrected chi connectivity index (χ0v) is 12.3. The third-order valence-electron chi connectivity index (χ3n) is 3.35. The Labute approximate surface area is 119 Å². The van der Waals surface area contributed by atoms with Crippen molar-refractivity contribution in [2.45, 2.75) is 45.4 Å². The van der Waals surface area contributed by atoms with E-state index in [1.807, 2.05) is 23.5 Å². The summed E-state index contributed by atoms with van der Waals surface area (Å²) in [5.41, 5.74) is 2.69. The SMILES string of the molecule is CCCCCc1csc(CCc2ccc(F)cc2)c1. The molecule has 2 rings (SSSR count). The van der Waals surface area contributed by atoms with E-state index < -0.39 is 0 Å². The number of rotatable bonds is 7. The molecule has 0 aliphatic heterocycles. The average molecular weight is 276 g/mol. The van der Waals surface area contributed by atoms with Crippen LogP contribution in [0.5, 0.6) is 0 Å². The van der Waals surface area contributed by atoms with E-state index >= 15 is 0 Å². The van der Waals surface area contributed by atoms with Crippen LogP contribution in [0.1, 0.15) is 42.2 Å².